The maximum atomic E-state index is 5.82. The maximum Gasteiger partial charge on any atom is 0.0751 e. The fourth-order valence-electron chi connectivity index (χ4n) is 2.59. The molecule has 2 aromatic rings. The average Bonchev–Trinajstić information content (AvgIpc) is 2.82. The Morgan fingerprint density at radius 2 is 1.95 bits per heavy atom. The van der Waals surface area contributed by atoms with Crippen LogP contribution >= 0.6 is 15.9 Å². The number of nitrogens with one attached hydrogen (secondary N) is 1. The molecule has 2 unspecified atom stereocenters. The molecule has 1 N–H and O–H groups in total. The van der Waals surface area contributed by atoms with Crippen LogP contribution in [0.25, 0.3) is 10.8 Å². The molecule has 2 atom stereocenters. The molecule has 0 bridgehead atoms. The van der Waals surface area contributed by atoms with Crippen molar-refractivity contribution in [2.24, 2.45) is 0 Å². The lowest BCUT2D eigenvalue weighted by atomic mass is 10.1. The Labute approximate surface area is 122 Å². The van der Waals surface area contributed by atoms with Crippen molar-refractivity contribution in [2.75, 3.05) is 11.9 Å². The van der Waals surface area contributed by atoms with E-state index in [2.05, 4.69) is 64.6 Å². The van der Waals surface area contributed by atoms with Gasteiger partial charge in [0.05, 0.1) is 12.2 Å². The van der Waals surface area contributed by atoms with Gasteiger partial charge in [-0.2, -0.15) is 0 Å². The van der Waals surface area contributed by atoms with E-state index in [1.807, 2.05) is 0 Å². The fraction of sp³-hybridized carbons (Fsp3) is 0.375. The van der Waals surface area contributed by atoms with Crippen molar-refractivity contribution >= 4 is 32.4 Å². The van der Waals surface area contributed by atoms with E-state index in [4.69, 9.17) is 4.74 Å². The van der Waals surface area contributed by atoms with Gasteiger partial charge >= 0.3 is 0 Å². The lowest BCUT2D eigenvalue weighted by molar-refractivity contribution is 0.0637. The minimum absolute atomic E-state index is 0.357. The van der Waals surface area contributed by atoms with Crippen LogP contribution in [0.2, 0.25) is 0 Å². The number of fused-ring (bicyclic) bond motifs is 1. The van der Waals surface area contributed by atoms with Gasteiger partial charge in [-0.1, -0.05) is 28.1 Å². The summed E-state index contributed by atoms with van der Waals surface area (Å²) in [5.74, 6) is 0. The first-order valence-corrected chi connectivity index (χ1v) is 7.59. The molecule has 1 saturated heterocycles. The van der Waals surface area contributed by atoms with Gasteiger partial charge in [0.25, 0.3) is 0 Å². The monoisotopic (exact) mass is 319 g/mol. The zero-order valence-electron chi connectivity index (χ0n) is 11.0. The molecule has 1 fully saturated rings. The first kappa shape index (κ1) is 12.9. The van der Waals surface area contributed by atoms with Gasteiger partial charge in [-0.25, -0.2) is 0 Å². The van der Waals surface area contributed by atoms with Gasteiger partial charge in [0, 0.05) is 16.7 Å². The van der Waals surface area contributed by atoms with Crippen molar-refractivity contribution in [3.63, 3.8) is 0 Å². The third-order valence-electron chi connectivity index (χ3n) is 3.66. The minimum Gasteiger partial charge on any atom is -0.382 e. The topological polar surface area (TPSA) is 21.3 Å². The van der Waals surface area contributed by atoms with Gasteiger partial charge in [-0.3, -0.25) is 0 Å². The van der Waals surface area contributed by atoms with Crippen LogP contribution in [0.4, 0.5) is 5.69 Å². The molecular formula is C16H18BrNO. The molecule has 0 aliphatic carbocycles. The SMILES string of the molecule is CC1CCC(CNc2ccc3cc(Br)ccc3c2)O1. The first-order chi connectivity index (χ1) is 9.20. The zero-order chi connectivity index (χ0) is 13.2. The number of benzene rings is 2. The average molecular weight is 320 g/mol. The van der Waals surface area contributed by atoms with Crippen molar-refractivity contribution in [3.8, 4) is 0 Å². The summed E-state index contributed by atoms with van der Waals surface area (Å²) in [7, 11) is 0. The van der Waals surface area contributed by atoms with Crippen LogP contribution in [0, 0.1) is 0 Å². The van der Waals surface area contributed by atoms with E-state index in [0.29, 0.717) is 12.2 Å². The van der Waals surface area contributed by atoms with E-state index in [-0.39, 0.29) is 0 Å². The Hall–Kier alpha value is -1.06. The van der Waals surface area contributed by atoms with Crippen molar-refractivity contribution < 1.29 is 4.74 Å². The van der Waals surface area contributed by atoms with Gasteiger partial charge in [-0.05, 0) is 54.8 Å². The lowest BCUT2D eigenvalue weighted by Crippen LogP contribution is -2.19. The molecule has 2 nitrogen and oxygen atoms in total. The Balaban J connectivity index is 1.69. The summed E-state index contributed by atoms with van der Waals surface area (Å²) in [6.45, 7) is 3.04. The van der Waals surface area contributed by atoms with Crippen LogP contribution in [0.15, 0.2) is 40.9 Å². The largest absolute Gasteiger partial charge is 0.382 e. The highest BCUT2D eigenvalue weighted by atomic mass is 79.9. The number of anilines is 1. The summed E-state index contributed by atoms with van der Waals surface area (Å²) in [4.78, 5) is 0. The van der Waals surface area contributed by atoms with Crippen molar-refractivity contribution in [3.05, 3.63) is 40.9 Å². The summed E-state index contributed by atoms with van der Waals surface area (Å²) in [6, 6.07) is 12.8. The van der Waals surface area contributed by atoms with Crippen molar-refractivity contribution in [2.45, 2.75) is 32.0 Å². The number of hydrogen-bond donors (Lipinski definition) is 1. The Morgan fingerprint density at radius 1 is 1.16 bits per heavy atom. The van der Waals surface area contributed by atoms with Crippen LogP contribution in [0.1, 0.15) is 19.8 Å². The number of halogens is 1. The van der Waals surface area contributed by atoms with E-state index in [0.717, 1.165) is 23.1 Å². The third kappa shape index (κ3) is 3.10. The Bertz CT molecular complexity index is 584. The first-order valence-electron chi connectivity index (χ1n) is 6.79. The molecule has 0 amide bonds. The van der Waals surface area contributed by atoms with Gasteiger partial charge in [0.1, 0.15) is 0 Å². The van der Waals surface area contributed by atoms with Crippen LogP contribution in [-0.2, 0) is 4.74 Å². The van der Waals surface area contributed by atoms with E-state index in [1.165, 1.54) is 17.2 Å². The molecule has 1 aliphatic heterocycles. The van der Waals surface area contributed by atoms with E-state index < -0.39 is 0 Å². The number of ether oxygens (including phenoxy) is 1. The number of hydrogen-bond acceptors (Lipinski definition) is 2. The predicted octanol–water partition coefficient (Wildman–Crippen LogP) is 4.58. The van der Waals surface area contributed by atoms with Crippen LogP contribution < -0.4 is 5.32 Å². The second-order valence-electron chi connectivity index (χ2n) is 5.23. The molecule has 0 aromatic heterocycles. The maximum absolute atomic E-state index is 5.82. The van der Waals surface area contributed by atoms with Gasteiger partial charge < -0.3 is 10.1 Å². The highest BCUT2D eigenvalue weighted by Gasteiger charge is 2.21. The molecule has 100 valence electrons. The smallest absolute Gasteiger partial charge is 0.0751 e. The molecule has 0 radical (unpaired) electrons. The normalized spacial score (nSPS) is 22.8. The van der Waals surface area contributed by atoms with E-state index >= 15 is 0 Å². The Kier molecular flexibility index (Phi) is 3.76. The predicted molar refractivity (Wildman–Crippen MR) is 83.7 cm³/mol. The van der Waals surface area contributed by atoms with E-state index in [9.17, 15) is 0 Å². The molecule has 0 saturated carbocycles. The second kappa shape index (κ2) is 5.51. The zero-order valence-corrected chi connectivity index (χ0v) is 12.6. The lowest BCUT2D eigenvalue weighted by Gasteiger charge is -2.13. The summed E-state index contributed by atoms with van der Waals surface area (Å²) >= 11 is 3.50. The molecule has 1 heterocycles. The van der Waals surface area contributed by atoms with Crippen LogP contribution in [0.5, 0.6) is 0 Å². The molecule has 1 aliphatic rings. The summed E-state index contributed by atoms with van der Waals surface area (Å²) < 4.78 is 6.94. The van der Waals surface area contributed by atoms with Gasteiger partial charge in [0.2, 0.25) is 0 Å². The number of rotatable bonds is 3. The summed E-state index contributed by atoms with van der Waals surface area (Å²) in [5.41, 5.74) is 1.16. The van der Waals surface area contributed by atoms with Crippen molar-refractivity contribution in [1.29, 1.82) is 0 Å². The minimum atomic E-state index is 0.357. The molecular weight excluding hydrogens is 302 g/mol. The molecule has 3 heteroatoms. The highest BCUT2D eigenvalue weighted by molar-refractivity contribution is 9.10. The van der Waals surface area contributed by atoms with Crippen LogP contribution in [-0.4, -0.2) is 18.8 Å². The standard InChI is InChI=1S/C16H18BrNO/c1-11-2-7-16(19-11)10-18-15-6-4-12-8-14(17)5-3-13(12)9-15/h3-6,8-9,11,16,18H,2,7,10H2,1H3. The Morgan fingerprint density at radius 3 is 2.74 bits per heavy atom. The van der Waals surface area contributed by atoms with Gasteiger partial charge in [-0.15, -0.1) is 0 Å². The molecule has 19 heavy (non-hydrogen) atoms. The molecule has 2 aromatic carbocycles. The fourth-order valence-corrected chi connectivity index (χ4v) is 2.97. The highest BCUT2D eigenvalue weighted by Crippen LogP contribution is 2.24. The summed E-state index contributed by atoms with van der Waals surface area (Å²) in [5, 5.41) is 5.99. The second-order valence-corrected chi connectivity index (χ2v) is 6.15. The molecule has 0 spiro atoms. The van der Waals surface area contributed by atoms with Crippen LogP contribution in [0.3, 0.4) is 0 Å². The summed E-state index contributed by atoms with van der Waals surface area (Å²) in [6.07, 6.45) is 3.11. The molecule has 3 rings (SSSR count). The van der Waals surface area contributed by atoms with Crippen molar-refractivity contribution in [1.82, 2.24) is 0 Å². The quantitative estimate of drug-likeness (QED) is 0.894. The van der Waals surface area contributed by atoms with E-state index in [1.54, 1.807) is 0 Å². The van der Waals surface area contributed by atoms with Gasteiger partial charge in [0.15, 0.2) is 0 Å². The third-order valence-corrected chi connectivity index (χ3v) is 4.15.